The van der Waals surface area contributed by atoms with E-state index >= 15 is 0 Å². The molecule has 0 radical (unpaired) electrons. The Bertz CT molecular complexity index is 1030. The van der Waals surface area contributed by atoms with Crippen LogP contribution in [0.5, 0.6) is 11.5 Å². The molecule has 1 heterocycles. The van der Waals surface area contributed by atoms with Crippen molar-refractivity contribution in [2.75, 3.05) is 33.9 Å². The minimum absolute atomic E-state index is 0.0278. The SMILES string of the molecule is COc1ccc(C2(CNC(=O)C3CCN(C(=O)c4cc(Cl)ccc4OC)CC3)CCCCC2)cc1. The van der Waals surface area contributed by atoms with Crippen LogP contribution in [0.4, 0.5) is 0 Å². The van der Waals surface area contributed by atoms with Crippen LogP contribution >= 0.6 is 11.6 Å². The van der Waals surface area contributed by atoms with Gasteiger partial charge in [-0.05, 0) is 61.6 Å². The van der Waals surface area contributed by atoms with Gasteiger partial charge in [-0.2, -0.15) is 0 Å². The Labute approximate surface area is 212 Å². The Balaban J connectivity index is 1.36. The summed E-state index contributed by atoms with van der Waals surface area (Å²) in [5, 5.41) is 3.78. The van der Waals surface area contributed by atoms with Gasteiger partial charge in [-0.3, -0.25) is 9.59 Å². The topological polar surface area (TPSA) is 67.9 Å². The number of hydrogen-bond acceptors (Lipinski definition) is 4. The third-order valence-corrected chi connectivity index (χ3v) is 7.89. The molecule has 1 saturated heterocycles. The first-order chi connectivity index (χ1) is 17.0. The summed E-state index contributed by atoms with van der Waals surface area (Å²) in [5.74, 6) is 1.26. The van der Waals surface area contributed by atoms with Crippen molar-refractivity contribution in [3.8, 4) is 11.5 Å². The van der Waals surface area contributed by atoms with Crippen LogP contribution in [-0.2, 0) is 10.2 Å². The molecule has 0 atom stereocenters. The number of rotatable bonds is 7. The van der Waals surface area contributed by atoms with Crippen LogP contribution < -0.4 is 14.8 Å². The van der Waals surface area contributed by atoms with E-state index < -0.39 is 0 Å². The van der Waals surface area contributed by atoms with Gasteiger partial charge in [-0.15, -0.1) is 0 Å². The molecule has 1 N–H and O–H groups in total. The molecule has 2 fully saturated rings. The highest BCUT2D eigenvalue weighted by Gasteiger charge is 2.36. The predicted octanol–water partition coefficient (Wildman–Crippen LogP) is 5.23. The Morgan fingerprint density at radius 3 is 2.31 bits per heavy atom. The van der Waals surface area contributed by atoms with Crippen LogP contribution in [0.2, 0.25) is 5.02 Å². The Kier molecular flexibility index (Phi) is 8.22. The monoisotopic (exact) mass is 498 g/mol. The molecule has 188 valence electrons. The summed E-state index contributed by atoms with van der Waals surface area (Å²) >= 11 is 6.11. The summed E-state index contributed by atoms with van der Waals surface area (Å²) in [7, 11) is 3.22. The lowest BCUT2D eigenvalue weighted by molar-refractivity contribution is -0.126. The van der Waals surface area contributed by atoms with E-state index in [2.05, 4.69) is 17.4 Å². The summed E-state index contributed by atoms with van der Waals surface area (Å²) in [4.78, 5) is 28.0. The van der Waals surface area contributed by atoms with Gasteiger partial charge < -0.3 is 19.7 Å². The van der Waals surface area contributed by atoms with Crippen LogP contribution in [0.25, 0.3) is 0 Å². The van der Waals surface area contributed by atoms with Crippen molar-refractivity contribution < 1.29 is 19.1 Å². The standard InChI is InChI=1S/C28H35ClN2O4/c1-34-23-9-6-21(7-10-23)28(14-4-3-5-15-28)19-30-26(32)20-12-16-31(17-13-20)27(33)24-18-22(29)8-11-25(24)35-2/h6-11,18,20H,3-5,12-17,19H2,1-2H3,(H,30,32). The van der Waals surface area contributed by atoms with E-state index in [4.69, 9.17) is 21.1 Å². The zero-order valence-corrected chi connectivity index (χ0v) is 21.4. The fourth-order valence-corrected chi connectivity index (χ4v) is 5.68. The predicted molar refractivity (Wildman–Crippen MR) is 137 cm³/mol. The molecule has 0 aromatic heterocycles. The molecule has 2 amide bonds. The maximum Gasteiger partial charge on any atom is 0.257 e. The third kappa shape index (κ3) is 5.75. The second kappa shape index (κ2) is 11.3. The van der Waals surface area contributed by atoms with Gasteiger partial charge in [-0.1, -0.05) is 43.0 Å². The summed E-state index contributed by atoms with van der Waals surface area (Å²) in [5.41, 5.74) is 1.70. The molecule has 0 unspecified atom stereocenters. The van der Waals surface area contributed by atoms with Crippen molar-refractivity contribution >= 4 is 23.4 Å². The Morgan fingerprint density at radius 1 is 1.00 bits per heavy atom. The van der Waals surface area contributed by atoms with E-state index in [1.807, 2.05) is 12.1 Å². The number of ether oxygens (including phenoxy) is 2. The number of carbonyl (C=O) groups excluding carboxylic acids is 2. The highest BCUT2D eigenvalue weighted by molar-refractivity contribution is 6.31. The van der Waals surface area contributed by atoms with Crippen LogP contribution in [0.15, 0.2) is 42.5 Å². The summed E-state index contributed by atoms with van der Waals surface area (Å²) in [6.07, 6.45) is 7.05. The van der Waals surface area contributed by atoms with E-state index in [1.54, 1.807) is 37.3 Å². The maximum absolute atomic E-state index is 13.1. The Morgan fingerprint density at radius 2 is 1.69 bits per heavy atom. The van der Waals surface area contributed by atoms with Crippen molar-refractivity contribution in [1.82, 2.24) is 10.2 Å². The normalized spacial score (nSPS) is 18.1. The second-order valence-corrected chi connectivity index (χ2v) is 10.1. The summed E-state index contributed by atoms with van der Waals surface area (Å²) < 4.78 is 10.7. The van der Waals surface area contributed by atoms with Crippen molar-refractivity contribution in [2.24, 2.45) is 5.92 Å². The quantitative estimate of drug-likeness (QED) is 0.567. The molecule has 2 aliphatic rings. The molecule has 1 aliphatic heterocycles. The molecule has 4 rings (SSSR count). The number of likely N-dealkylation sites (tertiary alicyclic amines) is 1. The van der Waals surface area contributed by atoms with Crippen LogP contribution in [0.1, 0.15) is 60.9 Å². The number of hydrogen-bond donors (Lipinski definition) is 1. The third-order valence-electron chi connectivity index (χ3n) is 7.66. The molecule has 6 nitrogen and oxygen atoms in total. The largest absolute Gasteiger partial charge is 0.497 e. The molecule has 2 aromatic carbocycles. The van der Waals surface area contributed by atoms with Crippen molar-refractivity contribution in [3.63, 3.8) is 0 Å². The maximum atomic E-state index is 13.1. The molecule has 0 spiro atoms. The van der Waals surface area contributed by atoms with Crippen LogP contribution in [0, 0.1) is 5.92 Å². The molecule has 0 bridgehead atoms. The van der Waals surface area contributed by atoms with E-state index in [-0.39, 0.29) is 23.1 Å². The molecule has 1 aliphatic carbocycles. The average molecular weight is 499 g/mol. The molecular weight excluding hydrogens is 464 g/mol. The van der Waals surface area contributed by atoms with Gasteiger partial charge >= 0.3 is 0 Å². The number of halogens is 1. The number of carbonyl (C=O) groups is 2. The lowest BCUT2D eigenvalue weighted by atomic mass is 9.69. The number of methoxy groups -OCH3 is 2. The van der Waals surface area contributed by atoms with Gasteiger partial charge in [0.1, 0.15) is 11.5 Å². The second-order valence-electron chi connectivity index (χ2n) is 9.70. The molecule has 1 saturated carbocycles. The number of nitrogens with one attached hydrogen (secondary N) is 1. The molecule has 35 heavy (non-hydrogen) atoms. The lowest BCUT2D eigenvalue weighted by Crippen LogP contribution is -2.47. The minimum Gasteiger partial charge on any atom is -0.497 e. The first-order valence-electron chi connectivity index (χ1n) is 12.5. The van der Waals surface area contributed by atoms with Crippen molar-refractivity contribution in [3.05, 3.63) is 58.6 Å². The first-order valence-corrected chi connectivity index (χ1v) is 12.9. The van der Waals surface area contributed by atoms with Crippen molar-refractivity contribution in [2.45, 2.75) is 50.4 Å². The molecule has 2 aromatic rings. The van der Waals surface area contributed by atoms with Gasteiger partial charge in [0.05, 0.1) is 19.8 Å². The summed E-state index contributed by atoms with van der Waals surface area (Å²) in [6.45, 7) is 1.73. The van der Waals surface area contributed by atoms with E-state index in [0.717, 1.165) is 18.6 Å². The van der Waals surface area contributed by atoms with Gasteiger partial charge in [0.15, 0.2) is 0 Å². The van der Waals surface area contributed by atoms with Gasteiger partial charge in [0.2, 0.25) is 5.91 Å². The fraction of sp³-hybridized carbons (Fsp3) is 0.500. The van der Waals surface area contributed by atoms with Crippen LogP contribution in [0.3, 0.4) is 0 Å². The van der Waals surface area contributed by atoms with Crippen molar-refractivity contribution in [1.29, 1.82) is 0 Å². The number of piperidine rings is 1. The highest BCUT2D eigenvalue weighted by Crippen LogP contribution is 2.39. The van der Waals surface area contributed by atoms with Gasteiger partial charge in [-0.25, -0.2) is 0 Å². The first kappa shape index (κ1) is 25.4. The zero-order chi connectivity index (χ0) is 24.8. The minimum atomic E-state index is -0.108. The zero-order valence-electron chi connectivity index (χ0n) is 20.6. The fourth-order valence-electron chi connectivity index (χ4n) is 5.50. The van der Waals surface area contributed by atoms with E-state index in [9.17, 15) is 9.59 Å². The molecule has 7 heteroatoms. The van der Waals surface area contributed by atoms with Gasteiger partial charge in [0.25, 0.3) is 5.91 Å². The lowest BCUT2D eigenvalue weighted by Gasteiger charge is -2.39. The number of benzene rings is 2. The Hall–Kier alpha value is -2.73. The van der Waals surface area contributed by atoms with E-state index in [0.29, 0.717) is 48.8 Å². The smallest absolute Gasteiger partial charge is 0.257 e. The van der Waals surface area contributed by atoms with E-state index in [1.165, 1.54) is 24.8 Å². The number of nitrogens with zero attached hydrogens (tertiary/aromatic N) is 1. The highest BCUT2D eigenvalue weighted by atomic mass is 35.5. The summed E-state index contributed by atoms with van der Waals surface area (Å²) in [6, 6.07) is 13.4. The van der Waals surface area contributed by atoms with Gasteiger partial charge in [0, 0.05) is 36.0 Å². The van der Waals surface area contributed by atoms with Crippen LogP contribution in [-0.4, -0.2) is 50.6 Å². The average Bonchev–Trinajstić information content (AvgIpc) is 2.92. The molecular formula is C28H35ClN2O4. The number of amides is 2.